The highest BCUT2D eigenvalue weighted by Gasteiger charge is 2.12. The first-order valence-corrected chi connectivity index (χ1v) is 4.94. The summed E-state index contributed by atoms with van der Waals surface area (Å²) in [6.45, 7) is 1.96. The van der Waals surface area contributed by atoms with Crippen molar-refractivity contribution in [3.05, 3.63) is 34.5 Å². The molecule has 0 radical (unpaired) electrons. The van der Waals surface area contributed by atoms with Crippen LogP contribution in [0.4, 0.5) is 0 Å². The number of aryl methyl sites for hydroxylation is 1. The molecule has 0 atom stereocenters. The molecule has 1 aromatic heterocycles. The van der Waals surface area contributed by atoms with E-state index in [0.29, 0.717) is 10.7 Å². The van der Waals surface area contributed by atoms with Gasteiger partial charge in [-0.3, -0.25) is 4.79 Å². The van der Waals surface area contributed by atoms with E-state index in [-0.39, 0.29) is 6.42 Å². The van der Waals surface area contributed by atoms with Gasteiger partial charge in [0.15, 0.2) is 0 Å². The fraction of sp³-hybridized carbons (Fsp3) is 0.182. The minimum Gasteiger partial charge on any atom is -0.481 e. The number of aliphatic carboxylic acids is 1. The van der Waals surface area contributed by atoms with E-state index in [0.717, 1.165) is 16.5 Å². The highest BCUT2D eigenvalue weighted by Crippen LogP contribution is 2.27. The molecule has 1 heterocycles. The van der Waals surface area contributed by atoms with Crippen molar-refractivity contribution in [3.8, 4) is 0 Å². The SMILES string of the molecule is Cc1ccc2[nH]c(Cl)c(CC(=O)O)c2c1. The van der Waals surface area contributed by atoms with Crippen molar-refractivity contribution in [2.45, 2.75) is 13.3 Å². The summed E-state index contributed by atoms with van der Waals surface area (Å²) in [5.74, 6) is -0.876. The zero-order chi connectivity index (χ0) is 11.0. The number of carboxylic acid groups (broad SMARTS) is 1. The quantitative estimate of drug-likeness (QED) is 0.823. The molecule has 2 aromatic rings. The number of H-pyrrole nitrogens is 1. The van der Waals surface area contributed by atoms with Gasteiger partial charge in [-0.25, -0.2) is 0 Å². The van der Waals surface area contributed by atoms with Crippen LogP contribution in [0.5, 0.6) is 0 Å². The first-order valence-electron chi connectivity index (χ1n) is 4.56. The molecule has 0 amide bonds. The molecule has 3 nitrogen and oxygen atoms in total. The average Bonchev–Trinajstić information content (AvgIpc) is 2.43. The van der Waals surface area contributed by atoms with Gasteiger partial charge in [-0.15, -0.1) is 0 Å². The lowest BCUT2D eigenvalue weighted by Gasteiger charge is -1.96. The van der Waals surface area contributed by atoms with E-state index in [1.165, 1.54) is 0 Å². The van der Waals surface area contributed by atoms with Gasteiger partial charge in [0.1, 0.15) is 5.15 Å². The minimum absolute atomic E-state index is 0.0533. The van der Waals surface area contributed by atoms with Crippen LogP contribution in [0.1, 0.15) is 11.1 Å². The summed E-state index contributed by atoms with van der Waals surface area (Å²) in [5, 5.41) is 10.1. The number of aromatic amines is 1. The highest BCUT2D eigenvalue weighted by atomic mass is 35.5. The maximum absolute atomic E-state index is 10.7. The topological polar surface area (TPSA) is 53.1 Å². The summed E-state index contributed by atoms with van der Waals surface area (Å²) in [6, 6.07) is 5.80. The second-order valence-electron chi connectivity index (χ2n) is 3.54. The molecule has 0 fully saturated rings. The Kier molecular flexibility index (Phi) is 2.40. The number of fused-ring (bicyclic) bond motifs is 1. The Morgan fingerprint density at radius 1 is 1.53 bits per heavy atom. The molecule has 0 aliphatic carbocycles. The summed E-state index contributed by atoms with van der Waals surface area (Å²) >= 11 is 5.95. The number of hydrogen-bond donors (Lipinski definition) is 2. The van der Waals surface area contributed by atoms with E-state index in [2.05, 4.69) is 4.98 Å². The summed E-state index contributed by atoms with van der Waals surface area (Å²) in [5.41, 5.74) is 2.62. The van der Waals surface area contributed by atoms with Gasteiger partial charge in [0.25, 0.3) is 0 Å². The smallest absolute Gasteiger partial charge is 0.307 e. The Balaban J connectivity index is 2.65. The monoisotopic (exact) mass is 223 g/mol. The van der Waals surface area contributed by atoms with Gasteiger partial charge in [0, 0.05) is 16.5 Å². The van der Waals surface area contributed by atoms with Crippen molar-refractivity contribution >= 4 is 28.5 Å². The standard InChI is InChI=1S/C11H10ClNO2/c1-6-2-3-9-7(4-6)8(5-10(14)15)11(12)13-9/h2-4,13H,5H2,1H3,(H,14,15). The van der Waals surface area contributed by atoms with Crippen LogP contribution in [0.3, 0.4) is 0 Å². The number of benzene rings is 1. The van der Waals surface area contributed by atoms with Crippen LogP contribution in [0, 0.1) is 6.92 Å². The number of halogens is 1. The number of hydrogen-bond acceptors (Lipinski definition) is 1. The van der Waals surface area contributed by atoms with Crippen LogP contribution >= 0.6 is 11.6 Å². The maximum Gasteiger partial charge on any atom is 0.307 e. The van der Waals surface area contributed by atoms with E-state index in [4.69, 9.17) is 16.7 Å². The Morgan fingerprint density at radius 3 is 2.93 bits per heavy atom. The van der Waals surface area contributed by atoms with Gasteiger partial charge < -0.3 is 10.1 Å². The molecular formula is C11H10ClNO2. The summed E-state index contributed by atoms with van der Waals surface area (Å²) in [7, 11) is 0. The van der Waals surface area contributed by atoms with Crippen LogP contribution in [-0.2, 0) is 11.2 Å². The van der Waals surface area contributed by atoms with Crippen molar-refractivity contribution in [2.24, 2.45) is 0 Å². The van der Waals surface area contributed by atoms with Gasteiger partial charge in [0.05, 0.1) is 6.42 Å². The fourth-order valence-corrected chi connectivity index (χ4v) is 1.92. The van der Waals surface area contributed by atoms with Gasteiger partial charge in [-0.1, -0.05) is 23.2 Å². The van der Waals surface area contributed by atoms with E-state index in [1.54, 1.807) is 0 Å². The molecule has 0 aliphatic heterocycles. The minimum atomic E-state index is -0.876. The summed E-state index contributed by atoms with van der Waals surface area (Å²) in [6.07, 6.45) is -0.0533. The van der Waals surface area contributed by atoms with E-state index in [9.17, 15) is 4.79 Å². The third kappa shape index (κ3) is 1.83. The predicted octanol–water partition coefficient (Wildman–Crippen LogP) is 2.76. The first kappa shape index (κ1) is 10.1. The Bertz CT molecular complexity index is 531. The zero-order valence-electron chi connectivity index (χ0n) is 8.17. The number of carboxylic acids is 1. The number of rotatable bonds is 2. The third-order valence-electron chi connectivity index (χ3n) is 2.34. The second-order valence-corrected chi connectivity index (χ2v) is 3.92. The molecule has 78 valence electrons. The number of nitrogens with one attached hydrogen (secondary N) is 1. The molecule has 2 rings (SSSR count). The van der Waals surface area contributed by atoms with Gasteiger partial charge >= 0.3 is 5.97 Å². The largest absolute Gasteiger partial charge is 0.481 e. The van der Waals surface area contributed by atoms with Crippen molar-refractivity contribution in [1.82, 2.24) is 4.98 Å². The second kappa shape index (κ2) is 3.59. The molecule has 0 aliphatic rings. The average molecular weight is 224 g/mol. The normalized spacial score (nSPS) is 10.8. The third-order valence-corrected chi connectivity index (χ3v) is 2.66. The van der Waals surface area contributed by atoms with Crippen LogP contribution in [-0.4, -0.2) is 16.1 Å². The Hall–Kier alpha value is -1.48. The number of aromatic nitrogens is 1. The molecular weight excluding hydrogens is 214 g/mol. The molecule has 4 heteroatoms. The molecule has 0 spiro atoms. The van der Waals surface area contributed by atoms with Crippen molar-refractivity contribution in [2.75, 3.05) is 0 Å². The first-order chi connectivity index (χ1) is 7.08. The van der Waals surface area contributed by atoms with Gasteiger partial charge in [-0.05, 0) is 19.1 Å². The molecule has 1 aromatic carbocycles. The molecule has 0 saturated carbocycles. The summed E-state index contributed by atoms with van der Waals surface area (Å²) < 4.78 is 0. The fourth-order valence-electron chi connectivity index (χ4n) is 1.65. The van der Waals surface area contributed by atoms with Gasteiger partial charge in [-0.2, -0.15) is 0 Å². The molecule has 0 unspecified atom stereocenters. The highest BCUT2D eigenvalue weighted by molar-refractivity contribution is 6.32. The lowest BCUT2D eigenvalue weighted by atomic mass is 10.1. The lowest BCUT2D eigenvalue weighted by molar-refractivity contribution is -0.136. The van der Waals surface area contributed by atoms with E-state index >= 15 is 0 Å². The van der Waals surface area contributed by atoms with Crippen molar-refractivity contribution in [1.29, 1.82) is 0 Å². The molecule has 2 N–H and O–H groups in total. The molecule has 15 heavy (non-hydrogen) atoms. The maximum atomic E-state index is 10.7. The molecule has 0 saturated heterocycles. The van der Waals surface area contributed by atoms with Crippen molar-refractivity contribution < 1.29 is 9.90 Å². The van der Waals surface area contributed by atoms with Gasteiger partial charge in [0.2, 0.25) is 0 Å². The number of carbonyl (C=O) groups is 1. The summed E-state index contributed by atoms with van der Waals surface area (Å²) in [4.78, 5) is 13.6. The zero-order valence-corrected chi connectivity index (χ0v) is 8.93. The van der Waals surface area contributed by atoms with Crippen LogP contribution in [0.15, 0.2) is 18.2 Å². The van der Waals surface area contributed by atoms with E-state index < -0.39 is 5.97 Å². The Labute approximate surface area is 91.7 Å². The van der Waals surface area contributed by atoms with Crippen LogP contribution in [0.25, 0.3) is 10.9 Å². The van der Waals surface area contributed by atoms with Crippen molar-refractivity contribution in [3.63, 3.8) is 0 Å². The van der Waals surface area contributed by atoms with Crippen LogP contribution in [0.2, 0.25) is 5.15 Å². The van der Waals surface area contributed by atoms with Crippen LogP contribution < -0.4 is 0 Å². The van der Waals surface area contributed by atoms with E-state index in [1.807, 2.05) is 25.1 Å². The lowest BCUT2D eigenvalue weighted by Crippen LogP contribution is -1.99. The Morgan fingerprint density at radius 2 is 2.27 bits per heavy atom. The molecule has 0 bridgehead atoms. The predicted molar refractivity (Wildman–Crippen MR) is 59.4 cm³/mol.